The van der Waals surface area contributed by atoms with Gasteiger partial charge in [0.25, 0.3) is 0 Å². The summed E-state index contributed by atoms with van der Waals surface area (Å²) >= 11 is 1.96. The van der Waals surface area contributed by atoms with Crippen LogP contribution in [0.2, 0.25) is 0 Å². The van der Waals surface area contributed by atoms with E-state index in [9.17, 15) is 0 Å². The Kier molecular flexibility index (Phi) is 3.99. The van der Waals surface area contributed by atoms with Crippen LogP contribution in [0.4, 0.5) is 0 Å². The molecule has 3 rings (SSSR count). The summed E-state index contributed by atoms with van der Waals surface area (Å²) in [5.41, 5.74) is 0. The van der Waals surface area contributed by atoms with Crippen molar-refractivity contribution in [1.29, 1.82) is 0 Å². The van der Waals surface area contributed by atoms with Gasteiger partial charge in [-0.05, 0) is 37.9 Å². The van der Waals surface area contributed by atoms with Crippen LogP contribution in [0.5, 0.6) is 0 Å². The van der Waals surface area contributed by atoms with Gasteiger partial charge in [0.05, 0.1) is 0 Å². The minimum atomic E-state index is 0.578. The third-order valence-electron chi connectivity index (χ3n) is 3.86. The summed E-state index contributed by atoms with van der Waals surface area (Å²) in [6.07, 6.45) is 7.48. The van der Waals surface area contributed by atoms with E-state index in [1.165, 1.54) is 29.1 Å². The lowest BCUT2D eigenvalue weighted by Gasteiger charge is -2.31. The monoisotopic (exact) mass is 275 g/mol. The first-order valence-corrected chi connectivity index (χ1v) is 7.96. The molecule has 2 aromatic heterocycles. The zero-order chi connectivity index (χ0) is 13.1. The molecule has 1 atom stereocenters. The average Bonchev–Trinajstić information content (AvgIpc) is 3.10. The second-order valence-corrected chi connectivity index (χ2v) is 6.52. The maximum absolute atomic E-state index is 4.42. The fraction of sp³-hybridized carbons (Fsp3) is 0.533. The number of hydrogen-bond donors (Lipinski definition) is 1. The van der Waals surface area contributed by atoms with E-state index in [0.29, 0.717) is 5.92 Å². The van der Waals surface area contributed by atoms with Crippen molar-refractivity contribution in [3.8, 4) is 0 Å². The molecule has 0 aliphatic carbocycles. The Morgan fingerprint density at radius 1 is 1.42 bits per heavy atom. The number of imidazole rings is 1. The molecule has 1 aliphatic heterocycles. The number of rotatable bonds is 4. The Balaban J connectivity index is 1.62. The zero-order valence-electron chi connectivity index (χ0n) is 11.4. The predicted molar refractivity (Wildman–Crippen MR) is 79.5 cm³/mol. The molecule has 102 valence electrons. The minimum Gasteiger partial charge on any atom is -0.348 e. The van der Waals surface area contributed by atoms with E-state index in [4.69, 9.17) is 0 Å². The van der Waals surface area contributed by atoms with Crippen molar-refractivity contribution in [2.75, 3.05) is 13.1 Å². The van der Waals surface area contributed by atoms with Crippen LogP contribution in [0, 0.1) is 0 Å². The van der Waals surface area contributed by atoms with E-state index < -0.39 is 0 Å². The van der Waals surface area contributed by atoms with Crippen LogP contribution in [0.3, 0.4) is 0 Å². The lowest BCUT2D eigenvalue weighted by Crippen LogP contribution is -2.34. The van der Waals surface area contributed by atoms with Gasteiger partial charge in [-0.25, -0.2) is 4.98 Å². The van der Waals surface area contributed by atoms with Gasteiger partial charge in [0.1, 0.15) is 5.82 Å². The molecule has 3 nitrogen and oxygen atoms in total. The summed E-state index contributed by atoms with van der Waals surface area (Å²) in [6.45, 7) is 5.68. The van der Waals surface area contributed by atoms with Crippen molar-refractivity contribution in [2.45, 2.75) is 38.6 Å². The van der Waals surface area contributed by atoms with E-state index in [-0.39, 0.29) is 0 Å². The van der Waals surface area contributed by atoms with Crippen LogP contribution >= 0.6 is 11.3 Å². The largest absolute Gasteiger partial charge is 0.348 e. The number of H-pyrrole nitrogens is 1. The smallest absolute Gasteiger partial charge is 0.110 e. The second-order valence-electron chi connectivity index (χ2n) is 5.27. The Bertz CT molecular complexity index is 503. The number of aromatic nitrogens is 2. The number of piperidine rings is 1. The van der Waals surface area contributed by atoms with Crippen molar-refractivity contribution in [2.24, 2.45) is 0 Å². The molecule has 0 spiro atoms. The van der Waals surface area contributed by atoms with E-state index >= 15 is 0 Å². The Morgan fingerprint density at radius 3 is 3.05 bits per heavy atom. The summed E-state index contributed by atoms with van der Waals surface area (Å²) in [5, 5.41) is 0. The van der Waals surface area contributed by atoms with Gasteiger partial charge in [0.2, 0.25) is 0 Å². The van der Waals surface area contributed by atoms with Crippen LogP contribution < -0.4 is 0 Å². The lowest BCUT2D eigenvalue weighted by molar-refractivity contribution is 0.198. The standard InChI is InChI=1S/C15H21N3S/c1-2-13-5-6-14(19-13)11-18-9-3-4-12(10-18)15-16-7-8-17-15/h5-8,12H,2-4,9-11H2,1H3,(H,16,17)/t12-/m1/s1. The lowest BCUT2D eigenvalue weighted by atomic mass is 9.97. The maximum atomic E-state index is 4.42. The van der Waals surface area contributed by atoms with Crippen LogP contribution in [-0.4, -0.2) is 28.0 Å². The summed E-state index contributed by atoms with van der Waals surface area (Å²) in [4.78, 5) is 13.3. The summed E-state index contributed by atoms with van der Waals surface area (Å²) < 4.78 is 0. The molecule has 19 heavy (non-hydrogen) atoms. The maximum Gasteiger partial charge on any atom is 0.110 e. The topological polar surface area (TPSA) is 31.9 Å². The minimum absolute atomic E-state index is 0.578. The number of nitrogens with one attached hydrogen (secondary N) is 1. The molecule has 0 unspecified atom stereocenters. The molecule has 0 bridgehead atoms. The van der Waals surface area contributed by atoms with Crippen molar-refractivity contribution in [1.82, 2.24) is 14.9 Å². The summed E-state index contributed by atoms with van der Waals surface area (Å²) in [6, 6.07) is 4.56. The van der Waals surface area contributed by atoms with Gasteiger partial charge in [-0.3, -0.25) is 4.90 Å². The quantitative estimate of drug-likeness (QED) is 0.927. The number of likely N-dealkylation sites (tertiary alicyclic amines) is 1. The highest BCUT2D eigenvalue weighted by atomic mass is 32.1. The van der Waals surface area contributed by atoms with Gasteiger partial charge in [0, 0.05) is 41.2 Å². The summed E-state index contributed by atoms with van der Waals surface area (Å²) in [5.74, 6) is 1.74. The SMILES string of the molecule is CCc1ccc(CN2CCC[C@@H](c3ncc[nH]3)C2)s1. The van der Waals surface area contributed by atoms with Crippen molar-refractivity contribution < 1.29 is 0 Å². The predicted octanol–water partition coefficient (Wildman–Crippen LogP) is 3.41. The third kappa shape index (κ3) is 3.07. The van der Waals surface area contributed by atoms with Gasteiger partial charge < -0.3 is 4.98 Å². The first kappa shape index (κ1) is 12.9. The molecule has 1 saturated heterocycles. The van der Waals surface area contributed by atoms with Gasteiger partial charge in [0.15, 0.2) is 0 Å². The second kappa shape index (κ2) is 5.88. The molecule has 4 heteroatoms. The number of hydrogen-bond acceptors (Lipinski definition) is 3. The van der Waals surface area contributed by atoms with Gasteiger partial charge >= 0.3 is 0 Å². The van der Waals surface area contributed by atoms with Crippen molar-refractivity contribution >= 4 is 11.3 Å². The van der Waals surface area contributed by atoms with Gasteiger partial charge in [-0.1, -0.05) is 6.92 Å². The number of thiophene rings is 1. The molecule has 0 saturated carbocycles. The zero-order valence-corrected chi connectivity index (χ0v) is 12.2. The van der Waals surface area contributed by atoms with E-state index in [1.54, 1.807) is 0 Å². The Labute approximate surface area is 118 Å². The highest BCUT2D eigenvalue weighted by Gasteiger charge is 2.23. The number of nitrogens with zero attached hydrogens (tertiary/aromatic N) is 2. The molecule has 0 aromatic carbocycles. The Morgan fingerprint density at radius 2 is 2.32 bits per heavy atom. The molecule has 1 fully saturated rings. The average molecular weight is 275 g/mol. The molecule has 0 amide bonds. The molecule has 2 aromatic rings. The van der Waals surface area contributed by atoms with Gasteiger partial charge in [-0.15, -0.1) is 11.3 Å². The van der Waals surface area contributed by atoms with E-state index in [2.05, 4.69) is 33.9 Å². The van der Waals surface area contributed by atoms with Gasteiger partial charge in [-0.2, -0.15) is 0 Å². The molecule has 1 N–H and O–H groups in total. The van der Waals surface area contributed by atoms with Crippen LogP contribution in [0.25, 0.3) is 0 Å². The van der Waals surface area contributed by atoms with E-state index in [1.807, 2.05) is 23.7 Å². The van der Waals surface area contributed by atoms with Crippen LogP contribution in [0.1, 0.15) is 41.3 Å². The number of aromatic amines is 1. The Hall–Kier alpha value is -1.13. The highest BCUT2D eigenvalue weighted by molar-refractivity contribution is 7.11. The first-order chi connectivity index (χ1) is 9.35. The number of aryl methyl sites for hydroxylation is 1. The molecular formula is C15H21N3S. The molecular weight excluding hydrogens is 254 g/mol. The fourth-order valence-electron chi connectivity index (χ4n) is 2.84. The van der Waals surface area contributed by atoms with Crippen molar-refractivity contribution in [3.63, 3.8) is 0 Å². The third-order valence-corrected chi connectivity index (χ3v) is 5.07. The summed E-state index contributed by atoms with van der Waals surface area (Å²) in [7, 11) is 0. The van der Waals surface area contributed by atoms with Crippen LogP contribution in [0.15, 0.2) is 24.5 Å². The van der Waals surface area contributed by atoms with E-state index in [0.717, 1.165) is 25.3 Å². The highest BCUT2D eigenvalue weighted by Crippen LogP contribution is 2.27. The van der Waals surface area contributed by atoms with Crippen molar-refractivity contribution in [3.05, 3.63) is 40.1 Å². The van der Waals surface area contributed by atoms with Crippen LogP contribution in [-0.2, 0) is 13.0 Å². The molecule has 3 heterocycles. The molecule has 0 radical (unpaired) electrons. The molecule has 1 aliphatic rings. The first-order valence-electron chi connectivity index (χ1n) is 7.14. The normalized spacial score (nSPS) is 20.8. The fourth-order valence-corrected chi connectivity index (χ4v) is 3.84.